The van der Waals surface area contributed by atoms with E-state index in [1.807, 2.05) is 30.3 Å². The van der Waals surface area contributed by atoms with Gasteiger partial charge in [-0.25, -0.2) is 0 Å². The van der Waals surface area contributed by atoms with E-state index in [0.29, 0.717) is 0 Å². The molecule has 0 aromatic heterocycles. The molecule has 0 radical (unpaired) electrons. The van der Waals surface area contributed by atoms with Crippen LogP contribution in [0, 0.1) is 17.0 Å². The van der Waals surface area contributed by atoms with Crippen molar-refractivity contribution < 1.29 is 19.2 Å². The van der Waals surface area contributed by atoms with Crippen LogP contribution in [0.25, 0.3) is 0 Å². The molecule has 0 bridgehead atoms. The molecular weight excluding hydrogens is 350 g/mol. The van der Waals surface area contributed by atoms with Crippen molar-refractivity contribution in [1.82, 2.24) is 4.90 Å². The van der Waals surface area contributed by atoms with E-state index in [1.54, 1.807) is 13.0 Å². The first kappa shape index (κ1) is 19.9. The number of aryl methyl sites for hydroxylation is 1. The van der Waals surface area contributed by atoms with E-state index < -0.39 is 16.7 Å². The number of carbonyl (C=O) groups is 2. The summed E-state index contributed by atoms with van der Waals surface area (Å²) in [4.78, 5) is 35.7. The number of primary amides is 1. The van der Waals surface area contributed by atoms with Crippen LogP contribution in [-0.2, 0) is 16.1 Å². The lowest BCUT2D eigenvalue weighted by Gasteiger charge is -2.22. The standard InChI is InChI=1S/C19H21N3O5/c1-14-7-8-16(22(25)26)17(11-14)27-13-19(24)21(10-9-18(20)23)12-15-5-3-2-4-6-15/h2-8,11H,9-10,12-13H2,1H3,(H2,20,23). The summed E-state index contributed by atoms with van der Waals surface area (Å²) in [6.07, 6.45) is 0.0170. The van der Waals surface area contributed by atoms with Crippen LogP contribution in [0.5, 0.6) is 5.75 Å². The Bertz CT molecular complexity index is 823. The lowest BCUT2D eigenvalue weighted by atomic mass is 10.2. The Hall–Kier alpha value is -3.42. The van der Waals surface area contributed by atoms with Crippen molar-refractivity contribution in [2.75, 3.05) is 13.2 Å². The van der Waals surface area contributed by atoms with Crippen LogP contribution in [0.3, 0.4) is 0 Å². The predicted molar refractivity (Wildman–Crippen MR) is 99.0 cm³/mol. The van der Waals surface area contributed by atoms with Gasteiger partial charge in [-0.3, -0.25) is 19.7 Å². The Balaban J connectivity index is 2.10. The zero-order chi connectivity index (χ0) is 19.8. The van der Waals surface area contributed by atoms with E-state index in [0.717, 1.165) is 11.1 Å². The first-order valence-corrected chi connectivity index (χ1v) is 8.34. The van der Waals surface area contributed by atoms with Crippen molar-refractivity contribution in [3.8, 4) is 5.75 Å². The molecule has 2 aromatic rings. The number of nitrogens with two attached hydrogens (primary N) is 1. The molecule has 0 fully saturated rings. The van der Waals surface area contributed by atoms with Gasteiger partial charge in [-0.15, -0.1) is 0 Å². The van der Waals surface area contributed by atoms with Gasteiger partial charge in [0.1, 0.15) is 0 Å². The van der Waals surface area contributed by atoms with Crippen LogP contribution >= 0.6 is 0 Å². The summed E-state index contributed by atoms with van der Waals surface area (Å²) in [5, 5.41) is 11.1. The average Bonchev–Trinajstić information content (AvgIpc) is 2.63. The number of amides is 2. The van der Waals surface area contributed by atoms with Gasteiger partial charge >= 0.3 is 5.69 Å². The van der Waals surface area contributed by atoms with E-state index >= 15 is 0 Å². The summed E-state index contributed by atoms with van der Waals surface area (Å²) in [7, 11) is 0. The van der Waals surface area contributed by atoms with Crippen LogP contribution in [0.15, 0.2) is 48.5 Å². The summed E-state index contributed by atoms with van der Waals surface area (Å²) in [5.41, 5.74) is 6.64. The zero-order valence-electron chi connectivity index (χ0n) is 15.0. The monoisotopic (exact) mass is 371 g/mol. The fourth-order valence-electron chi connectivity index (χ4n) is 2.46. The van der Waals surface area contributed by atoms with Crippen LogP contribution in [0.1, 0.15) is 17.5 Å². The molecule has 27 heavy (non-hydrogen) atoms. The van der Waals surface area contributed by atoms with Crippen molar-refractivity contribution >= 4 is 17.5 Å². The second kappa shape index (κ2) is 9.33. The van der Waals surface area contributed by atoms with E-state index in [2.05, 4.69) is 0 Å². The molecule has 142 valence electrons. The number of nitro groups is 1. The third-order valence-electron chi connectivity index (χ3n) is 3.86. The number of nitro benzene ring substituents is 1. The number of carbonyl (C=O) groups excluding carboxylic acids is 2. The molecule has 2 aromatic carbocycles. The molecule has 0 atom stereocenters. The molecule has 0 unspecified atom stereocenters. The summed E-state index contributed by atoms with van der Waals surface area (Å²) in [6, 6.07) is 13.7. The first-order valence-electron chi connectivity index (χ1n) is 8.34. The molecule has 2 amide bonds. The average molecular weight is 371 g/mol. The van der Waals surface area contributed by atoms with Gasteiger partial charge < -0.3 is 15.4 Å². The maximum Gasteiger partial charge on any atom is 0.310 e. The number of ether oxygens (including phenoxy) is 1. The topological polar surface area (TPSA) is 116 Å². The Morgan fingerprint density at radius 2 is 1.89 bits per heavy atom. The lowest BCUT2D eigenvalue weighted by molar-refractivity contribution is -0.385. The van der Waals surface area contributed by atoms with Gasteiger partial charge in [-0.1, -0.05) is 36.4 Å². The van der Waals surface area contributed by atoms with Crippen LogP contribution in [0.2, 0.25) is 0 Å². The normalized spacial score (nSPS) is 10.3. The number of rotatable bonds is 9. The van der Waals surface area contributed by atoms with Gasteiger partial charge in [0.2, 0.25) is 5.91 Å². The van der Waals surface area contributed by atoms with Crippen molar-refractivity contribution in [3.63, 3.8) is 0 Å². The highest BCUT2D eigenvalue weighted by Gasteiger charge is 2.19. The minimum Gasteiger partial charge on any atom is -0.477 e. The lowest BCUT2D eigenvalue weighted by Crippen LogP contribution is -2.36. The van der Waals surface area contributed by atoms with Gasteiger partial charge in [0.15, 0.2) is 12.4 Å². The molecule has 8 nitrogen and oxygen atoms in total. The van der Waals surface area contributed by atoms with E-state index in [4.69, 9.17) is 10.5 Å². The third-order valence-corrected chi connectivity index (χ3v) is 3.86. The van der Waals surface area contributed by atoms with Gasteiger partial charge in [-0.05, 0) is 24.1 Å². The van der Waals surface area contributed by atoms with Crippen molar-refractivity contribution in [1.29, 1.82) is 0 Å². The highest BCUT2D eigenvalue weighted by Crippen LogP contribution is 2.27. The maximum absolute atomic E-state index is 12.6. The molecule has 8 heteroatoms. The predicted octanol–water partition coefficient (Wildman–Crippen LogP) is 2.19. The molecule has 0 saturated heterocycles. The minimum atomic E-state index is -0.561. The van der Waals surface area contributed by atoms with Gasteiger partial charge in [0.25, 0.3) is 5.91 Å². The Morgan fingerprint density at radius 3 is 2.52 bits per heavy atom. The SMILES string of the molecule is Cc1ccc([N+](=O)[O-])c(OCC(=O)N(CCC(N)=O)Cc2ccccc2)c1. The van der Waals surface area contributed by atoms with Crippen LogP contribution < -0.4 is 10.5 Å². The smallest absolute Gasteiger partial charge is 0.310 e. The van der Waals surface area contributed by atoms with Gasteiger partial charge in [-0.2, -0.15) is 0 Å². The highest BCUT2D eigenvalue weighted by atomic mass is 16.6. The van der Waals surface area contributed by atoms with Crippen molar-refractivity contribution in [2.45, 2.75) is 19.9 Å². The number of hydrogen-bond acceptors (Lipinski definition) is 5. The Kier molecular flexibility index (Phi) is 6.87. The molecule has 0 spiro atoms. The fourth-order valence-corrected chi connectivity index (χ4v) is 2.46. The molecule has 2 rings (SSSR count). The molecule has 0 aliphatic rings. The van der Waals surface area contributed by atoms with Crippen molar-refractivity contribution in [2.24, 2.45) is 5.73 Å². The van der Waals surface area contributed by atoms with Gasteiger partial charge in [0.05, 0.1) is 4.92 Å². The Labute approximate surface area is 156 Å². The quantitative estimate of drug-likeness (QED) is 0.536. The first-order chi connectivity index (χ1) is 12.9. The third kappa shape index (κ3) is 6.10. The summed E-state index contributed by atoms with van der Waals surface area (Å²) < 4.78 is 5.42. The van der Waals surface area contributed by atoms with Gasteiger partial charge in [0, 0.05) is 25.6 Å². The second-order valence-corrected chi connectivity index (χ2v) is 6.03. The molecular formula is C19H21N3O5. The molecule has 2 N–H and O–H groups in total. The summed E-state index contributed by atoms with van der Waals surface area (Å²) >= 11 is 0. The Morgan fingerprint density at radius 1 is 1.19 bits per heavy atom. The van der Waals surface area contributed by atoms with E-state index in [-0.39, 0.29) is 37.6 Å². The molecule has 0 heterocycles. The van der Waals surface area contributed by atoms with Crippen molar-refractivity contribution in [3.05, 3.63) is 69.8 Å². The largest absolute Gasteiger partial charge is 0.477 e. The fraction of sp³-hybridized carbons (Fsp3) is 0.263. The minimum absolute atomic E-state index is 0.0170. The highest BCUT2D eigenvalue weighted by molar-refractivity contribution is 5.79. The number of hydrogen-bond donors (Lipinski definition) is 1. The molecule has 0 aliphatic heterocycles. The maximum atomic E-state index is 12.6. The zero-order valence-corrected chi connectivity index (χ0v) is 15.0. The summed E-state index contributed by atoms with van der Waals surface area (Å²) in [6.45, 7) is 1.82. The number of benzene rings is 2. The summed E-state index contributed by atoms with van der Waals surface area (Å²) in [5.74, 6) is -0.880. The van der Waals surface area contributed by atoms with E-state index in [1.165, 1.54) is 17.0 Å². The van der Waals surface area contributed by atoms with E-state index in [9.17, 15) is 19.7 Å². The van der Waals surface area contributed by atoms with Crippen LogP contribution in [-0.4, -0.2) is 34.8 Å². The van der Waals surface area contributed by atoms with Crippen LogP contribution in [0.4, 0.5) is 5.69 Å². The molecule has 0 saturated carbocycles. The molecule has 0 aliphatic carbocycles. The second-order valence-electron chi connectivity index (χ2n) is 6.03. The number of nitrogens with zero attached hydrogens (tertiary/aromatic N) is 2.